The Bertz CT molecular complexity index is 387. The van der Waals surface area contributed by atoms with Crippen molar-refractivity contribution < 1.29 is 17.9 Å². The Morgan fingerprint density at radius 2 is 2.11 bits per heavy atom. The molecule has 3 nitrogen and oxygen atoms in total. The normalized spacial score (nSPS) is 13.5. The van der Waals surface area contributed by atoms with Crippen molar-refractivity contribution in [3.05, 3.63) is 34.9 Å². The number of hydrazine groups is 1. The molecular formula is C12H16ClF3N2O. The molecule has 108 valence electrons. The van der Waals surface area contributed by atoms with Crippen LogP contribution < -0.4 is 11.3 Å². The van der Waals surface area contributed by atoms with Crippen LogP contribution in [-0.2, 0) is 11.2 Å². The van der Waals surface area contributed by atoms with Crippen LogP contribution in [0.25, 0.3) is 0 Å². The zero-order valence-corrected chi connectivity index (χ0v) is 11.0. The molecule has 0 saturated carbocycles. The van der Waals surface area contributed by atoms with E-state index in [1.165, 1.54) is 0 Å². The number of benzene rings is 1. The molecule has 0 saturated heterocycles. The van der Waals surface area contributed by atoms with Crippen molar-refractivity contribution in [3.63, 3.8) is 0 Å². The van der Waals surface area contributed by atoms with Crippen LogP contribution in [0.15, 0.2) is 24.3 Å². The van der Waals surface area contributed by atoms with Gasteiger partial charge in [0.05, 0.1) is 0 Å². The second-order valence-electron chi connectivity index (χ2n) is 4.15. The second-order valence-corrected chi connectivity index (χ2v) is 4.59. The van der Waals surface area contributed by atoms with Crippen molar-refractivity contribution >= 4 is 11.6 Å². The first-order valence-corrected chi connectivity index (χ1v) is 6.13. The van der Waals surface area contributed by atoms with Crippen LogP contribution in [0, 0.1) is 0 Å². The summed E-state index contributed by atoms with van der Waals surface area (Å²) in [4.78, 5) is 0. The fourth-order valence-corrected chi connectivity index (χ4v) is 1.82. The van der Waals surface area contributed by atoms with E-state index < -0.39 is 12.8 Å². The number of rotatable bonds is 7. The van der Waals surface area contributed by atoms with E-state index in [4.69, 9.17) is 17.4 Å². The zero-order valence-electron chi connectivity index (χ0n) is 10.2. The van der Waals surface area contributed by atoms with Crippen LogP contribution in [0.3, 0.4) is 0 Å². The summed E-state index contributed by atoms with van der Waals surface area (Å²) in [6.07, 6.45) is -3.33. The van der Waals surface area contributed by atoms with Gasteiger partial charge in [-0.25, -0.2) is 0 Å². The first-order chi connectivity index (χ1) is 8.90. The first kappa shape index (κ1) is 16.2. The van der Waals surface area contributed by atoms with Crippen molar-refractivity contribution in [1.29, 1.82) is 0 Å². The van der Waals surface area contributed by atoms with E-state index in [0.717, 1.165) is 5.56 Å². The SMILES string of the molecule is NNC(CCOCC(F)(F)F)Cc1cccc(Cl)c1. The molecule has 0 aliphatic rings. The van der Waals surface area contributed by atoms with Crippen LogP contribution in [0.1, 0.15) is 12.0 Å². The van der Waals surface area contributed by atoms with Gasteiger partial charge in [-0.2, -0.15) is 13.2 Å². The highest BCUT2D eigenvalue weighted by molar-refractivity contribution is 6.30. The van der Waals surface area contributed by atoms with Gasteiger partial charge >= 0.3 is 6.18 Å². The van der Waals surface area contributed by atoms with E-state index in [0.29, 0.717) is 17.9 Å². The van der Waals surface area contributed by atoms with Gasteiger partial charge in [0.2, 0.25) is 0 Å². The lowest BCUT2D eigenvalue weighted by atomic mass is 10.0. The molecule has 0 amide bonds. The molecular weight excluding hydrogens is 281 g/mol. The Morgan fingerprint density at radius 3 is 2.68 bits per heavy atom. The topological polar surface area (TPSA) is 47.3 Å². The molecule has 0 fully saturated rings. The number of hydrogen-bond acceptors (Lipinski definition) is 3. The van der Waals surface area contributed by atoms with Gasteiger partial charge in [0.15, 0.2) is 0 Å². The Labute approximate surface area is 114 Å². The molecule has 7 heteroatoms. The van der Waals surface area contributed by atoms with E-state index in [-0.39, 0.29) is 12.6 Å². The molecule has 19 heavy (non-hydrogen) atoms. The number of hydrogen-bond donors (Lipinski definition) is 2. The highest BCUT2D eigenvalue weighted by atomic mass is 35.5. The highest BCUT2D eigenvalue weighted by Crippen LogP contribution is 2.15. The van der Waals surface area contributed by atoms with Gasteiger partial charge in [-0.05, 0) is 30.5 Å². The molecule has 0 aliphatic heterocycles. The molecule has 0 bridgehead atoms. The molecule has 1 aromatic rings. The van der Waals surface area contributed by atoms with Crippen molar-refractivity contribution in [2.75, 3.05) is 13.2 Å². The van der Waals surface area contributed by atoms with Crippen LogP contribution in [0.4, 0.5) is 13.2 Å². The van der Waals surface area contributed by atoms with Crippen LogP contribution in [0.2, 0.25) is 5.02 Å². The summed E-state index contributed by atoms with van der Waals surface area (Å²) in [6, 6.07) is 7.08. The lowest BCUT2D eigenvalue weighted by Crippen LogP contribution is -2.37. The van der Waals surface area contributed by atoms with Gasteiger partial charge in [0.25, 0.3) is 0 Å². The molecule has 1 aromatic carbocycles. The van der Waals surface area contributed by atoms with Crippen molar-refractivity contribution in [2.45, 2.75) is 25.1 Å². The number of nitrogens with two attached hydrogens (primary N) is 1. The molecule has 0 aromatic heterocycles. The van der Waals surface area contributed by atoms with Gasteiger partial charge in [-0.15, -0.1) is 0 Å². The predicted octanol–water partition coefficient (Wildman–Crippen LogP) is 2.68. The third kappa shape index (κ3) is 7.37. The van der Waals surface area contributed by atoms with E-state index in [1.807, 2.05) is 12.1 Å². The zero-order chi connectivity index (χ0) is 14.3. The number of alkyl halides is 3. The maximum absolute atomic E-state index is 11.9. The molecule has 1 atom stereocenters. The highest BCUT2D eigenvalue weighted by Gasteiger charge is 2.27. The van der Waals surface area contributed by atoms with Crippen LogP contribution >= 0.6 is 11.6 Å². The molecule has 0 spiro atoms. The van der Waals surface area contributed by atoms with E-state index in [2.05, 4.69) is 10.2 Å². The second kappa shape index (κ2) is 7.69. The number of ether oxygens (including phenoxy) is 1. The minimum Gasteiger partial charge on any atom is -0.372 e. The summed E-state index contributed by atoms with van der Waals surface area (Å²) in [7, 11) is 0. The van der Waals surface area contributed by atoms with Gasteiger partial charge in [-0.1, -0.05) is 23.7 Å². The van der Waals surface area contributed by atoms with Crippen LogP contribution in [0.5, 0.6) is 0 Å². The standard InChI is InChI=1S/C12H16ClF3N2O/c13-10-3-1-2-9(6-10)7-11(18-17)4-5-19-8-12(14,15)16/h1-3,6,11,18H,4-5,7-8,17H2. The molecule has 1 unspecified atom stereocenters. The fraction of sp³-hybridized carbons (Fsp3) is 0.500. The van der Waals surface area contributed by atoms with E-state index in [9.17, 15) is 13.2 Å². The van der Waals surface area contributed by atoms with E-state index in [1.54, 1.807) is 12.1 Å². The van der Waals surface area contributed by atoms with Gasteiger partial charge in [-0.3, -0.25) is 11.3 Å². The monoisotopic (exact) mass is 296 g/mol. The Kier molecular flexibility index (Phi) is 6.57. The smallest absolute Gasteiger partial charge is 0.372 e. The molecule has 1 rings (SSSR count). The minimum atomic E-state index is -4.29. The van der Waals surface area contributed by atoms with Gasteiger partial charge in [0.1, 0.15) is 6.61 Å². The van der Waals surface area contributed by atoms with Crippen molar-refractivity contribution in [1.82, 2.24) is 5.43 Å². The number of nitrogens with one attached hydrogen (secondary N) is 1. The first-order valence-electron chi connectivity index (χ1n) is 5.76. The fourth-order valence-electron chi connectivity index (χ4n) is 1.61. The lowest BCUT2D eigenvalue weighted by Gasteiger charge is -2.16. The Hall–Kier alpha value is -0.820. The predicted molar refractivity (Wildman–Crippen MR) is 67.8 cm³/mol. The average Bonchev–Trinajstić information content (AvgIpc) is 2.32. The van der Waals surface area contributed by atoms with Gasteiger partial charge in [0, 0.05) is 17.7 Å². The summed E-state index contributed by atoms with van der Waals surface area (Å²) in [5, 5.41) is 0.613. The maximum atomic E-state index is 11.9. The average molecular weight is 297 g/mol. The summed E-state index contributed by atoms with van der Waals surface area (Å²) in [5.41, 5.74) is 3.53. The third-order valence-corrected chi connectivity index (χ3v) is 2.72. The minimum absolute atomic E-state index is 0.00502. The lowest BCUT2D eigenvalue weighted by molar-refractivity contribution is -0.174. The third-order valence-electron chi connectivity index (χ3n) is 2.48. The molecule has 0 aliphatic carbocycles. The summed E-state index contributed by atoms with van der Waals surface area (Å²) in [5.74, 6) is 5.37. The van der Waals surface area contributed by atoms with Crippen molar-refractivity contribution in [2.24, 2.45) is 5.84 Å². The summed E-state index contributed by atoms with van der Waals surface area (Å²) >= 11 is 5.85. The molecule has 0 radical (unpaired) electrons. The summed E-state index contributed by atoms with van der Waals surface area (Å²) in [6.45, 7) is -1.24. The largest absolute Gasteiger partial charge is 0.411 e. The summed E-state index contributed by atoms with van der Waals surface area (Å²) < 4.78 is 40.2. The molecule has 3 N–H and O–H groups in total. The Morgan fingerprint density at radius 1 is 1.37 bits per heavy atom. The van der Waals surface area contributed by atoms with E-state index >= 15 is 0 Å². The van der Waals surface area contributed by atoms with Crippen molar-refractivity contribution in [3.8, 4) is 0 Å². The number of halogens is 4. The maximum Gasteiger partial charge on any atom is 0.411 e. The van der Waals surface area contributed by atoms with Gasteiger partial charge < -0.3 is 4.74 Å². The Balaban J connectivity index is 2.34. The quantitative estimate of drug-likeness (QED) is 0.462. The molecule has 0 heterocycles. The van der Waals surface area contributed by atoms with Crippen LogP contribution in [-0.4, -0.2) is 25.4 Å².